The van der Waals surface area contributed by atoms with Crippen molar-refractivity contribution < 1.29 is 14.3 Å². The summed E-state index contributed by atoms with van der Waals surface area (Å²) in [6, 6.07) is 9.79. The number of fused-ring (bicyclic) bond motifs is 1. The number of ether oxygens (including phenoxy) is 1. The second kappa shape index (κ2) is 7.85. The van der Waals surface area contributed by atoms with Crippen LogP contribution in [0.15, 0.2) is 35.2 Å². The van der Waals surface area contributed by atoms with E-state index in [4.69, 9.17) is 4.74 Å². The van der Waals surface area contributed by atoms with Gasteiger partial charge in [0, 0.05) is 9.77 Å². The van der Waals surface area contributed by atoms with Gasteiger partial charge in [0.15, 0.2) is 0 Å². The van der Waals surface area contributed by atoms with Gasteiger partial charge in [-0.15, -0.1) is 23.1 Å². The van der Waals surface area contributed by atoms with Crippen LogP contribution in [0.25, 0.3) is 0 Å². The molecule has 0 bridgehead atoms. The van der Waals surface area contributed by atoms with E-state index in [9.17, 15) is 9.59 Å². The number of methoxy groups -OCH3 is 1. The summed E-state index contributed by atoms with van der Waals surface area (Å²) >= 11 is 2.99. The fraction of sp³-hybridized carbons (Fsp3) is 0.333. The van der Waals surface area contributed by atoms with E-state index in [1.165, 1.54) is 35.1 Å². The maximum atomic E-state index is 12.3. The van der Waals surface area contributed by atoms with E-state index in [0.29, 0.717) is 16.3 Å². The van der Waals surface area contributed by atoms with E-state index < -0.39 is 0 Å². The van der Waals surface area contributed by atoms with Gasteiger partial charge < -0.3 is 10.1 Å². The van der Waals surface area contributed by atoms with Crippen molar-refractivity contribution in [3.05, 3.63) is 46.3 Å². The molecule has 0 aliphatic heterocycles. The van der Waals surface area contributed by atoms with Crippen LogP contribution in [0.3, 0.4) is 0 Å². The van der Waals surface area contributed by atoms with Crippen LogP contribution >= 0.6 is 23.1 Å². The highest BCUT2D eigenvalue weighted by Gasteiger charge is 2.26. The van der Waals surface area contributed by atoms with E-state index in [2.05, 4.69) is 5.32 Å². The topological polar surface area (TPSA) is 55.4 Å². The van der Waals surface area contributed by atoms with Gasteiger partial charge in [-0.25, -0.2) is 4.79 Å². The highest BCUT2D eigenvalue weighted by molar-refractivity contribution is 8.00. The molecule has 6 heteroatoms. The Morgan fingerprint density at radius 2 is 1.96 bits per heavy atom. The lowest BCUT2D eigenvalue weighted by molar-refractivity contribution is -0.113. The third-order valence-electron chi connectivity index (χ3n) is 3.93. The number of anilines is 1. The fourth-order valence-electron chi connectivity index (χ4n) is 2.80. The normalized spacial score (nSPS) is 13.2. The van der Waals surface area contributed by atoms with Gasteiger partial charge in [-0.3, -0.25) is 4.79 Å². The molecule has 3 rings (SSSR count). The summed E-state index contributed by atoms with van der Waals surface area (Å²) in [6.45, 7) is 0. The first-order chi connectivity index (χ1) is 11.7. The van der Waals surface area contributed by atoms with Crippen LogP contribution in [-0.2, 0) is 22.4 Å². The SMILES string of the molecule is COC(=O)c1c(NC(=O)CSc2ccccc2)sc2c1CCCC2. The summed E-state index contributed by atoms with van der Waals surface area (Å²) in [5, 5.41) is 3.54. The third-order valence-corrected chi connectivity index (χ3v) is 6.15. The number of esters is 1. The van der Waals surface area contributed by atoms with E-state index >= 15 is 0 Å². The van der Waals surface area contributed by atoms with Gasteiger partial charge in [0.1, 0.15) is 5.00 Å². The molecular weight excluding hydrogens is 342 g/mol. The molecule has 4 nitrogen and oxygen atoms in total. The minimum Gasteiger partial charge on any atom is -0.465 e. The minimum absolute atomic E-state index is 0.104. The summed E-state index contributed by atoms with van der Waals surface area (Å²) in [5.74, 6) is -0.152. The zero-order chi connectivity index (χ0) is 16.9. The first kappa shape index (κ1) is 17.0. The van der Waals surface area contributed by atoms with Crippen LogP contribution in [0.1, 0.15) is 33.6 Å². The van der Waals surface area contributed by atoms with Crippen molar-refractivity contribution in [1.82, 2.24) is 0 Å². The second-order valence-corrected chi connectivity index (χ2v) is 7.71. The molecule has 1 aliphatic carbocycles. The lowest BCUT2D eigenvalue weighted by Gasteiger charge is -2.11. The molecule has 1 N–H and O–H groups in total. The number of thioether (sulfide) groups is 1. The molecule has 1 aromatic heterocycles. The van der Waals surface area contributed by atoms with Crippen LogP contribution in [-0.4, -0.2) is 24.7 Å². The second-order valence-electron chi connectivity index (χ2n) is 5.56. The molecule has 0 radical (unpaired) electrons. The highest BCUT2D eigenvalue weighted by atomic mass is 32.2. The average Bonchev–Trinajstić information content (AvgIpc) is 2.98. The van der Waals surface area contributed by atoms with Gasteiger partial charge in [-0.1, -0.05) is 18.2 Å². The van der Waals surface area contributed by atoms with Crippen molar-refractivity contribution >= 4 is 40.0 Å². The van der Waals surface area contributed by atoms with Gasteiger partial charge in [0.2, 0.25) is 5.91 Å². The number of amides is 1. The Morgan fingerprint density at radius 3 is 2.71 bits per heavy atom. The average molecular weight is 361 g/mol. The molecule has 0 atom stereocenters. The van der Waals surface area contributed by atoms with Crippen LogP contribution in [0.4, 0.5) is 5.00 Å². The van der Waals surface area contributed by atoms with Gasteiger partial charge >= 0.3 is 5.97 Å². The van der Waals surface area contributed by atoms with Crippen LogP contribution in [0.5, 0.6) is 0 Å². The number of aryl methyl sites for hydroxylation is 1. The first-order valence-corrected chi connectivity index (χ1v) is 9.70. The van der Waals surface area contributed by atoms with Crippen LogP contribution in [0, 0.1) is 0 Å². The number of rotatable bonds is 5. The molecule has 0 saturated heterocycles. The molecule has 1 heterocycles. The number of hydrogen-bond acceptors (Lipinski definition) is 5. The minimum atomic E-state index is -0.361. The number of thiophene rings is 1. The van der Waals surface area contributed by atoms with Crippen molar-refractivity contribution in [2.45, 2.75) is 30.6 Å². The van der Waals surface area contributed by atoms with Gasteiger partial charge in [0.25, 0.3) is 0 Å². The molecule has 24 heavy (non-hydrogen) atoms. The Balaban J connectivity index is 1.73. The molecule has 1 aromatic carbocycles. The van der Waals surface area contributed by atoms with Crippen molar-refractivity contribution in [2.75, 3.05) is 18.2 Å². The van der Waals surface area contributed by atoms with E-state index in [1.54, 1.807) is 0 Å². The number of nitrogens with one attached hydrogen (secondary N) is 1. The Labute approximate surface area is 149 Å². The molecule has 1 aliphatic rings. The quantitative estimate of drug-likeness (QED) is 0.642. The zero-order valence-corrected chi connectivity index (χ0v) is 15.1. The molecule has 126 valence electrons. The molecule has 1 amide bonds. The summed E-state index contributed by atoms with van der Waals surface area (Å²) in [7, 11) is 1.38. The fourth-order valence-corrected chi connectivity index (χ4v) is 4.81. The smallest absolute Gasteiger partial charge is 0.341 e. The predicted octanol–water partition coefficient (Wildman–Crippen LogP) is 4.14. The van der Waals surface area contributed by atoms with Crippen molar-refractivity contribution in [3.8, 4) is 0 Å². The summed E-state index contributed by atoms with van der Waals surface area (Å²) in [5.41, 5.74) is 1.61. The van der Waals surface area contributed by atoms with E-state index in [0.717, 1.165) is 36.1 Å². The van der Waals surface area contributed by atoms with Crippen molar-refractivity contribution in [2.24, 2.45) is 0 Å². The first-order valence-electron chi connectivity index (χ1n) is 7.89. The number of carbonyl (C=O) groups excluding carboxylic acids is 2. The molecule has 0 saturated carbocycles. The van der Waals surface area contributed by atoms with Crippen molar-refractivity contribution in [3.63, 3.8) is 0 Å². The van der Waals surface area contributed by atoms with E-state index in [-0.39, 0.29) is 11.9 Å². The summed E-state index contributed by atoms with van der Waals surface area (Å²) < 4.78 is 4.92. The van der Waals surface area contributed by atoms with Gasteiger partial charge in [-0.05, 0) is 43.4 Å². The third kappa shape index (κ3) is 3.82. The standard InChI is InChI=1S/C18H19NO3S2/c1-22-18(21)16-13-9-5-6-10-14(13)24-17(16)19-15(20)11-23-12-7-3-2-4-8-12/h2-4,7-8H,5-6,9-11H2,1H3,(H,19,20). The summed E-state index contributed by atoms with van der Waals surface area (Å²) in [4.78, 5) is 26.7. The summed E-state index contributed by atoms with van der Waals surface area (Å²) in [6.07, 6.45) is 4.06. The lowest BCUT2D eigenvalue weighted by atomic mass is 9.95. The Hall–Kier alpha value is -1.79. The maximum absolute atomic E-state index is 12.3. The lowest BCUT2D eigenvalue weighted by Crippen LogP contribution is -2.16. The maximum Gasteiger partial charge on any atom is 0.341 e. The van der Waals surface area contributed by atoms with E-state index in [1.807, 2.05) is 30.3 Å². The Morgan fingerprint density at radius 1 is 1.21 bits per heavy atom. The molecule has 2 aromatic rings. The molecule has 0 fully saturated rings. The number of benzene rings is 1. The Kier molecular flexibility index (Phi) is 5.58. The molecule has 0 spiro atoms. The largest absolute Gasteiger partial charge is 0.465 e. The van der Waals surface area contributed by atoms with Crippen molar-refractivity contribution in [1.29, 1.82) is 0 Å². The highest BCUT2D eigenvalue weighted by Crippen LogP contribution is 2.38. The number of hydrogen-bond donors (Lipinski definition) is 1. The molecular formula is C18H19NO3S2. The number of carbonyl (C=O) groups is 2. The molecule has 0 unspecified atom stereocenters. The van der Waals surface area contributed by atoms with Gasteiger partial charge in [-0.2, -0.15) is 0 Å². The predicted molar refractivity (Wildman–Crippen MR) is 98.1 cm³/mol. The van der Waals surface area contributed by atoms with Crippen LogP contribution in [0.2, 0.25) is 0 Å². The monoisotopic (exact) mass is 361 g/mol. The van der Waals surface area contributed by atoms with Crippen LogP contribution < -0.4 is 5.32 Å². The Bertz CT molecular complexity index is 740. The zero-order valence-electron chi connectivity index (χ0n) is 13.5. The van der Waals surface area contributed by atoms with Gasteiger partial charge in [0.05, 0.1) is 18.4 Å².